The van der Waals surface area contributed by atoms with Gasteiger partial charge in [-0.1, -0.05) is 54.1 Å². The Morgan fingerprint density at radius 3 is 2.73 bits per heavy atom. The number of carbonyl (C=O) groups excluding carboxylic acids is 1. The summed E-state index contributed by atoms with van der Waals surface area (Å²) in [5.74, 6) is 0.541. The molecule has 3 rings (SSSR count). The first kappa shape index (κ1) is 15.1. The highest BCUT2D eigenvalue weighted by molar-refractivity contribution is 6.31. The highest BCUT2D eigenvalue weighted by Crippen LogP contribution is 2.35. The maximum absolute atomic E-state index is 12.5. The van der Waals surface area contributed by atoms with Crippen molar-refractivity contribution < 1.29 is 4.79 Å². The van der Waals surface area contributed by atoms with Gasteiger partial charge in [0, 0.05) is 25.0 Å². The molecule has 114 valence electrons. The van der Waals surface area contributed by atoms with E-state index in [2.05, 4.69) is 24.3 Å². The zero-order valence-corrected chi connectivity index (χ0v) is 13.5. The third kappa shape index (κ3) is 3.17. The molecule has 0 spiro atoms. The van der Waals surface area contributed by atoms with E-state index in [0.29, 0.717) is 23.9 Å². The lowest BCUT2D eigenvalue weighted by Gasteiger charge is -2.20. The van der Waals surface area contributed by atoms with Crippen LogP contribution in [0.3, 0.4) is 0 Å². The fraction of sp³-hybridized carbons (Fsp3) is 0.316. The van der Waals surface area contributed by atoms with Gasteiger partial charge in [-0.15, -0.1) is 0 Å². The van der Waals surface area contributed by atoms with E-state index < -0.39 is 0 Å². The van der Waals surface area contributed by atoms with Crippen molar-refractivity contribution in [1.82, 2.24) is 4.90 Å². The smallest absolute Gasteiger partial charge is 0.223 e. The second-order valence-electron chi connectivity index (χ2n) is 5.98. The second kappa shape index (κ2) is 6.53. The van der Waals surface area contributed by atoms with Crippen LogP contribution in [0.5, 0.6) is 0 Å². The van der Waals surface area contributed by atoms with Crippen LogP contribution in [0, 0.1) is 0 Å². The normalized spacial score (nSPS) is 16.4. The van der Waals surface area contributed by atoms with Gasteiger partial charge in [0.1, 0.15) is 0 Å². The minimum Gasteiger partial charge on any atom is -0.341 e. The number of fused-ring (bicyclic) bond motifs is 1. The van der Waals surface area contributed by atoms with Crippen molar-refractivity contribution in [3.63, 3.8) is 0 Å². The maximum atomic E-state index is 12.5. The van der Waals surface area contributed by atoms with Crippen molar-refractivity contribution >= 4 is 17.5 Å². The lowest BCUT2D eigenvalue weighted by Crippen LogP contribution is -2.27. The summed E-state index contributed by atoms with van der Waals surface area (Å²) in [5.41, 5.74) is 3.74. The van der Waals surface area contributed by atoms with Crippen LogP contribution in [0.25, 0.3) is 0 Å². The lowest BCUT2D eigenvalue weighted by atomic mass is 9.97. The zero-order chi connectivity index (χ0) is 15.5. The quantitative estimate of drug-likeness (QED) is 0.818. The third-order valence-electron chi connectivity index (χ3n) is 4.47. The van der Waals surface area contributed by atoms with E-state index >= 15 is 0 Å². The SMILES string of the molecule is CN(Cc1ccccc1Cl)C(=O)CC1CCc2ccccc21. The number of carbonyl (C=O) groups is 1. The number of hydrogen-bond donors (Lipinski definition) is 0. The average Bonchev–Trinajstić information content (AvgIpc) is 2.93. The van der Waals surface area contributed by atoms with E-state index in [1.807, 2.05) is 31.3 Å². The molecule has 1 aliphatic carbocycles. The van der Waals surface area contributed by atoms with Gasteiger partial charge in [0.05, 0.1) is 0 Å². The van der Waals surface area contributed by atoms with Gasteiger partial charge < -0.3 is 4.90 Å². The Hall–Kier alpha value is -1.80. The number of amides is 1. The minimum atomic E-state index is 0.182. The minimum absolute atomic E-state index is 0.182. The summed E-state index contributed by atoms with van der Waals surface area (Å²) in [6.07, 6.45) is 2.74. The molecule has 0 fully saturated rings. The summed E-state index contributed by atoms with van der Waals surface area (Å²) in [5, 5.41) is 0.716. The first-order valence-corrected chi connectivity index (χ1v) is 8.08. The van der Waals surface area contributed by atoms with Crippen molar-refractivity contribution in [2.24, 2.45) is 0 Å². The summed E-state index contributed by atoms with van der Waals surface area (Å²) in [7, 11) is 1.85. The summed E-state index contributed by atoms with van der Waals surface area (Å²) in [6.45, 7) is 0.562. The fourth-order valence-corrected chi connectivity index (χ4v) is 3.39. The van der Waals surface area contributed by atoms with Crippen LogP contribution in [-0.4, -0.2) is 17.9 Å². The predicted molar refractivity (Wildman–Crippen MR) is 90.0 cm³/mol. The summed E-state index contributed by atoms with van der Waals surface area (Å²) >= 11 is 6.17. The molecular weight excluding hydrogens is 294 g/mol. The Labute approximate surface area is 136 Å². The number of benzene rings is 2. The molecule has 0 heterocycles. The van der Waals surface area contributed by atoms with Gasteiger partial charge >= 0.3 is 0 Å². The van der Waals surface area contributed by atoms with E-state index in [-0.39, 0.29) is 5.91 Å². The Bertz CT molecular complexity index is 683. The van der Waals surface area contributed by atoms with Gasteiger partial charge in [0.25, 0.3) is 0 Å². The van der Waals surface area contributed by atoms with Crippen molar-refractivity contribution in [1.29, 1.82) is 0 Å². The molecule has 3 heteroatoms. The molecule has 0 saturated heterocycles. The molecular formula is C19H20ClNO. The monoisotopic (exact) mass is 313 g/mol. The highest BCUT2D eigenvalue weighted by Gasteiger charge is 2.25. The van der Waals surface area contributed by atoms with E-state index in [0.717, 1.165) is 18.4 Å². The lowest BCUT2D eigenvalue weighted by molar-refractivity contribution is -0.130. The first-order chi connectivity index (χ1) is 10.6. The first-order valence-electron chi connectivity index (χ1n) is 7.70. The van der Waals surface area contributed by atoms with Crippen molar-refractivity contribution in [3.8, 4) is 0 Å². The van der Waals surface area contributed by atoms with E-state index in [9.17, 15) is 4.79 Å². The molecule has 2 aromatic carbocycles. The number of rotatable bonds is 4. The van der Waals surface area contributed by atoms with Crippen LogP contribution >= 0.6 is 11.6 Å². The molecule has 0 aromatic heterocycles. The van der Waals surface area contributed by atoms with Crippen LogP contribution in [0.4, 0.5) is 0 Å². The summed E-state index contributed by atoms with van der Waals surface area (Å²) in [6, 6.07) is 16.2. The van der Waals surface area contributed by atoms with Crippen molar-refractivity contribution in [3.05, 3.63) is 70.2 Å². The molecule has 22 heavy (non-hydrogen) atoms. The number of nitrogens with zero attached hydrogens (tertiary/aromatic N) is 1. The van der Waals surface area contributed by atoms with Crippen LogP contribution in [0.2, 0.25) is 5.02 Å². The molecule has 1 aliphatic rings. The molecule has 2 nitrogen and oxygen atoms in total. The van der Waals surface area contributed by atoms with Crippen molar-refractivity contribution in [2.45, 2.75) is 31.7 Å². The largest absolute Gasteiger partial charge is 0.341 e. The van der Waals surface area contributed by atoms with E-state index in [1.54, 1.807) is 4.90 Å². The van der Waals surface area contributed by atoms with Gasteiger partial charge in [-0.25, -0.2) is 0 Å². The number of halogens is 1. The summed E-state index contributed by atoms with van der Waals surface area (Å²) < 4.78 is 0. The number of aryl methyl sites for hydroxylation is 1. The summed E-state index contributed by atoms with van der Waals surface area (Å²) in [4.78, 5) is 14.3. The zero-order valence-electron chi connectivity index (χ0n) is 12.8. The Kier molecular flexibility index (Phi) is 4.49. The van der Waals surface area contributed by atoms with E-state index in [1.165, 1.54) is 11.1 Å². The van der Waals surface area contributed by atoms with Gasteiger partial charge in [-0.2, -0.15) is 0 Å². The van der Waals surface area contributed by atoms with Gasteiger partial charge in [0.2, 0.25) is 5.91 Å². The van der Waals surface area contributed by atoms with Crippen LogP contribution in [-0.2, 0) is 17.8 Å². The molecule has 0 aliphatic heterocycles. The highest BCUT2D eigenvalue weighted by atomic mass is 35.5. The fourth-order valence-electron chi connectivity index (χ4n) is 3.19. The molecule has 0 radical (unpaired) electrons. The molecule has 0 saturated carbocycles. The predicted octanol–water partition coefficient (Wildman–Crippen LogP) is 4.42. The third-order valence-corrected chi connectivity index (χ3v) is 4.84. The van der Waals surface area contributed by atoms with E-state index in [4.69, 9.17) is 11.6 Å². The number of hydrogen-bond acceptors (Lipinski definition) is 1. The van der Waals surface area contributed by atoms with Crippen LogP contribution in [0.15, 0.2) is 48.5 Å². The van der Waals surface area contributed by atoms with Gasteiger partial charge in [-0.3, -0.25) is 4.79 Å². The maximum Gasteiger partial charge on any atom is 0.223 e. The standard InChI is InChI=1S/C19H20ClNO/c1-21(13-16-7-3-5-9-18(16)20)19(22)12-15-11-10-14-6-2-4-8-17(14)15/h2-9,15H,10-13H2,1H3. The Balaban J connectivity index is 1.64. The van der Waals surface area contributed by atoms with Gasteiger partial charge in [-0.05, 0) is 41.5 Å². The Morgan fingerprint density at radius 2 is 1.91 bits per heavy atom. The van der Waals surface area contributed by atoms with Crippen LogP contribution < -0.4 is 0 Å². The molecule has 1 unspecified atom stereocenters. The van der Waals surface area contributed by atoms with Crippen LogP contribution in [0.1, 0.15) is 35.4 Å². The average molecular weight is 314 g/mol. The van der Waals surface area contributed by atoms with Gasteiger partial charge in [0.15, 0.2) is 0 Å². The second-order valence-corrected chi connectivity index (χ2v) is 6.39. The molecule has 1 atom stereocenters. The Morgan fingerprint density at radius 1 is 1.18 bits per heavy atom. The molecule has 0 bridgehead atoms. The molecule has 2 aromatic rings. The van der Waals surface area contributed by atoms with Crippen molar-refractivity contribution in [2.75, 3.05) is 7.05 Å². The molecule has 0 N–H and O–H groups in total. The molecule has 1 amide bonds. The topological polar surface area (TPSA) is 20.3 Å².